The number of nitrogens with two attached hydrogens (primary N) is 1. The number of amides is 1. The van der Waals surface area contributed by atoms with Crippen LogP contribution in [0, 0.1) is 0 Å². The van der Waals surface area contributed by atoms with Gasteiger partial charge in [0.1, 0.15) is 23.6 Å². The molecule has 1 aliphatic rings. The van der Waals surface area contributed by atoms with Gasteiger partial charge in [0, 0.05) is 34.7 Å². The van der Waals surface area contributed by atoms with Crippen LogP contribution in [0.15, 0.2) is 36.4 Å². The molecule has 0 spiro atoms. The number of hydrogen-bond acceptors (Lipinski definition) is 3. The van der Waals surface area contributed by atoms with E-state index < -0.39 is 0 Å². The number of fused-ring (bicyclic) bond motifs is 1. The van der Waals surface area contributed by atoms with Crippen LogP contribution in [-0.4, -0.2) is 25.2 Å². The molecule has 0 radical (unpaired) electrons. The summed E-state index contributed by atoms with van der Waals surface area (Å²) in [6.07, 6.45) is 1.07. The van der Waals surface area contributed by atoms with E-state index in [4.69, 9.17) is 21.1 Å². The largest absolute Gasteiger partial charge is 0.494 e. The van der Waals surface area contributed by atoms with Gasteiger partial charge in [-0.25, -0.2) is 0 Å². The van der Waals surface area contributed by atoms with Crippen LogP contribution in [0.1, 0.15) is 43.5 Å². The van der Waals surface area contributed by atoms with Crippen molar-refractivity contribution < 1.29 is 19.6 Å². The van der Waals surface area contributed by atoms with E-state index in [9.17, 15) is 4.79 Å². The second kappa shape index (κ2) is 9.30. The summed E-state index contributed by atoms with van der Waals surface area (Å²) in [6.45, 7) is 7.45. The first-order chi connectivity index (χ1) is 13.5. The maximum absolute atomic E-state index is 12.3. The third-order valence-electron chi connectivity index (χ3n) is 4.91. The Bertz CT molecular complexity index is 823. The van der Waals surface area contributed by atoms with Gasteiger partial charge >= 0.3 is 0 Å². The maximum atomic E-state index is 12.3. The van der Waals surface area contributed by atoms with Crippen molar-refractivity contribution in [1.82, 2.24) is 5.32 Å². The van der Waals surface area contributed by atoms with Gasteiger partial charge in [0.2, 0.25) is 0 Å². The molecule has 2 atom stereocenters. The number of carbonyl (C=O) groups is 1. The minimum Gasteiger partial charge on any atom is -0.494 e. The normalized spacial score (nSPS) is 16.2. The lowest BCUT2D eigenvalue weighted by Gasteiger charge is -2.14. The van der Waals surface area contributed by atoms with Gasteiger partial charge in [0.05, 0.1) is 6.61 Å². The molecule has 1 aliphatic heterocycles. The minimum atomic E-state index is -0.0157. The molecule has 0 saturated heterocycles. The highest BCUT2D eigenvalue weighted by Gasteiger charge is 2.22. The van der Waals surface area contributed by atoms with E-state index in [1.807, 2.05) is 48.6 Å². The lowest BCUT2D eigenvalue weighted by Crippen LogP contribution is -2.87. The van der Waals surface area contributed by atoms with Crippen molar-refractivity contribution in [2.24, 2.45) is 0 Å². The second-order valence-corrected chi connectivity index (χ2v) is 7.63. The Kier molecular flexibility index (Phi) is 6.81. The number of quaternary nitrogens is 1. The van der Waals surface area contributed by atoms with Gasteiger partial charge in [-0.1, -0.05) is 23.7 Å². The van der Waals surface area contributed by atoms with Crippen LogP contribution >= 0.6 is 11.6 Å². The maximum Gasteiger partial charge on any atom is 0.275 e. The fourth-order valence-corrected chi connectivity index (χ4v) is 3.49. The molecule has 0 bridgehead atoms. The molecule has 0 fully saturated rings. The van der Waals surface area contributed by atoms with Crippen LogP contribution in [-0.2, 0) is 17.8 Å². The Morgan fingerprint density at radius 3 is 2.82 bits per heavy atom. The Labute approximate surface area is 171 Å². The highest BCUT2D eigenvalue weighted by Crippen LogP contribution is 2.35. The van der Waals surface area contributed by atoms with Gasteiger partial charge < -0.3 is 20.1 Å². The fraction of sp³-hybridized carbons (Fsp3) is 0.409. The Morgan fingerprint density at radius 1 is 1.36 bits per heavy atom. The SMILES string of the molecule is CCOc1cc2c(cc1CNC(=O)C[NH2+][C@@H](C)c1ccc(Cl)cc1)O[C@H](C)C2. The smallest absolute Gasteiger partial charge is 0.275 e. The second-order valence-electron chi connectivity index (χ2n) is 7.19. The van der Waals surface area contributed by atoms with Crippen LogP contribution in [0.5, 0.6) is 11.5 Å². The summed E-state index contributed by atoms with van der Waals surface area (Å²) in [6, 6.07) is 11.9. The van der Waals surface area contributed by atoms with Crippen molar-refractivity contribution in [3.63, 3.8) is 0 Å². The number of hydrogen-bond donors (Lipinski definition) is 2. The molecule has 0 unspecified atom stereocenters. The molecule has 3 N–H and O–H groups in total. The molecule has 1 amide bonds. The summed E-state index contributed by atoms with van der Waals surface area (Å²) in [7, 11) is 0. The number of halogens is 1. The molecule has 6 heteroatoms. The molecule has 0 aromatic heterocycles. The summed E-state index contributed by atoms with van der Waals surface area (Å²) in [5, 5.41) is 5.71. The number of ether oxygens (including phenoxy) is 2. The first kappa shape index (κ1) is 20.5. The molecule has 0 aliphatic carbocycles. The third-order valence-corrected chi connectivity index (χ3v) is 5.16. The zero-order valence-corrected chi connectivity index (χ0v) is 17.4. The molecule has 2 aromatic carbocycles. The number of carbonyl (C=O) groups excluding carboxylic acids is 1. The molecule has 2 aromatic rings. The lowest BCUT2D eigenvalue weighted by atomic mass is 10.1. The zero-order chi connectivity index (χ0) is 20.1. The van der Waals surface area contributed by atoms with E-state index in [1.54, 1.807) is 0 Å². The zero-order valence-electron chi connectivity index (χ0n) is 16.6. The Morgan fingerprint density at radius 2 is 2.11 bits per heavy atom. The van der Waals surface area contributed by atoms with Gasteiger partial charge in [-0.05, 0) is 45.0 Å². The monoisotopic (exact) mass is 403 g/mol. The molecular weight excluding hydrogens is 376 g/mol. The average Bonchev–Trinajstić information content (AvgIpc) is 3.03. The van der Waals surface area contributed by atoms with Gasteiger partial charge in [-0.3, -0.25) is 4.79 Å². The van der Waals surface area contributed by atoms with Gasteiger partial charge in [-0.2, -0.15) is 0 Å². The predicted molar refractivity (Wildman–Crippen MR) is 110 cm³/mol. The fourth-order valence-electron chi connectivity index (χ4n) is 3.36. The van der Waals surface area contributed by atoms with Gasteiger partial charge in [0.25, 0.3) is 5.91 Å². The molecular formula is C22H28ClN2O3+. The van der Waals surface area contributed by atoms with Crippen molar-refractivity contribution >= 4 is 17.5 Å². The molecule has 1 heterocycles. The summed E-state index contributed by atoms with van der Waals surface area (Å²) in [5.74, 6) is 1.69. The Balaban J connectivity index is 1.55. The topological polar surface area (TPSA) is 64.2 Å². The summed E-state index contributed by atoms with van der Waals surface area (Å²) < 4.78 is 11.6. The van der Waals surface area contributed by atoms with Crippen molar-refractivity contribution in [2.45, 2.75) is 45.9 Å². The first-order valence-electron chi connectivity index (χ1n) is 9.77. The Hall–Kier alpha value is -2.24. The van der Waals surface area contributed by atoms with Crippen LogP contribution in [0.4, 0.5) is 0 Å². The van der Waals surface area contributed by atoms with E-state index in [1.165, 1.54) is 0 Å². The van der Waals surface area contributed by atoms with E-state index in [-0.39, 0.29) is 18.1 Å². The standard InChI is InChI=1S/C22H27ClN2O3/c1-4-27-20-10-17-9-14(2)28-21(17)11-18(20)12-25-22(26)13-24-15(3)16-5-7-19(23)8-6-16/h5-8,10-11,14-15,24H,4,9,12-13H2,1-3H3,(H,25,26)/p+1/t14-,15+/m1/s1. The van der Waals surface area contributed by atoms with Crippen LogP contribution in [0.25, 0.3) is 0 Å². The van der Waals surface area contributed by atoms with E-state index in [0.29, 0.717) is 24.7 Å². The highest BCUT2D eigenvalue weighted by molar-refractivity contribution is 6.30. The summed E-state index contributed by atoms with van der Waals surface area (Å²) in [5.41, 5.74) is 3.24. The van der Waals surface area contributed by atoms with E-state index in [0.717, 1.165) is 34.6 Å². The van der Waals surface area contributed by atoms with Crippen LogP contribution in [0.3, 0.4) is 0 Å². The van der Waals surface area contributed by atoms with E-state index >= 15 is 0 Å². The predicted octanol–water partition coefficient (Wildman–Crippen LogP) is 3.00. The van der Waals surface area contributed by atoms with Gasteiger partial charge in [-0.15, -0.1) is 0 Å². The van der Waals surface area contributed by atoms with Crippen LogP contribution < -0.4 is 20.1 Å². The molecule has 3 rings (SSSR count). The third kappa shape index (κ3) is 5.18. The van der Waals surface area contributed by atoms with Crippen molar-refractivity contribution in [3.05, 3.63) is 58.1 Å². The van der Waals surface area contributed by atoms with Crippen molar-refractivity contribution in [1.29, 1.82) is 0 Å². The summed E-state index contributed by atoms with van der Waals surface area (Å²) >= 11 is 5.93. The van der Waals surface area contributed by atoms with Gasteiger partial charge in [0.15, 0.2) is 6.54 Å². The lowest BCUT2D eigenvalue weighted by molar-refractivity contribution is -0.682. The van der Waals surface area contributed by atoms with Crippen LogP contribution in [0.2, 0.25) is 5.02 Å². The molecule has 150 valence electrons. The first-order valence-corrected chi connectivity index (χ1v) is 10.1. The number of benzene rings is 2. The molecule has 28 heavy (non-hydrogen) atoms. The number of rotatable bonds is 8. The quantitative estimate of drug-likeness (QED) is 0.712. The molecule has 5 nitrogen and oxygen atoms in total. The molecule has 0 saturated carbocycles. The minimum absolute atomic E-state index is 0.0157. The number of nitrogens with one attached hydrogen (secondary N) is 1. The summed E-state index contributed by atoms with van der Waals surface area (Å²) in [4.78, 5) is 12.3. The average molecular weight is 404 g/mol. The van der Waals surface area contributed by atoms with Crippen molar-refractivity contribution in [2.75, 3.05) is 13.2 Å². The van der Waals surface area contributed by atoms with E-state index in [2.05, 4.69) is 19.2 Å². The van der Waals surface area contributed by atoms with Crippen molar-refractivity contribution in [3.8, 4) is 11.5 Å². The highest BCUT2D eigenvalue weighted by atomic mass is 35.5.